The molecule has 0 atom stereocenters. The fourth-order valence-corrected chi connectivity index (χ4v) is 4.56. The zero-order valence-electron chi connectivity index (χ0n) is 17.3. The van der Waals surface area contributed by atoms with E-state index in [0.717, 1.165) is 53.8 Å². The molecule has 5 nitrogen and oxygen atoms in total. The molecule has 0 N–H and O–H groups in total. The molecule has 29 heavy (non-hydrogen) atoms. The first kappa shape index (κ1) is 20.0. The predicted molar refractivity (Wildman–Crippen MR) is 119 cm³/mol. The molecule has 1 saturated heterocycles. The van der Waals surface area contributed by atoms with E-state index in [1.807, 2.05) is 36.1 Å². The number of carbonyl (C=O) groups excluding carboxylic acids is 1. The average molecular weight is 410 g/mol. The Kier molecular flexibility index (Phi) is 5.94. The van der Waals surface area contributed by atoms with Crippen LogP contribution in [0.2, 0.25) is 0 Å². The summed E-state index contributed by atoms with van der Waals surface area (Å²) in [6, 6.07) is 12.1. The maximum atomic E-state index is 13.4. The van der Waals surface area contributed by atoms with E-state index < -0.39 is 0 Å². The van der Waals surface area contributed by atoms with E-state index in [4.69, 9.17) is 9.72 Å². The van der Waals surface area contributed by atoms with Gasteiger partial charge in [-0.05, 0) is 56.2 Å². The van der Waals surface area contributed by atoms with Crippen LogP contribution in [0, 0.1) is 20.8 Å². The third-order valence-corrected chi connectivity index (χ3v) is 6.55. The van der Waals surface area contributed by atoms with Gasteiger partial charge in [0.05, 0.1) is 23.4 Å². The normalized spacial score (nSPS) is 15.0. The summed E-state index contributed by atoms with van der Waals surface area (Å²) in [6.45, 7) is 11.0. The van der Waals surface area contributed by atoms with Crippen LogP contribution in [0.4, 0.5) is 5.13 Å². The van der Waals surface area contributed by atoms with E-state index in [1.54, 1.807) is 11.3 Å². The largest absolute Gasteiger partial charge is 0.379 e. The van der Waals surface area contributed by atoms with Gasteiger partial charge >= 0.3 is 0 Å². The topological polar surface area (TPSA) is 45.7 Å². The smallest absolute Gasteiger partial charge is 0.260 e. The lowest BCUT2D eigenvalue weighted by Gasteiger charge is -2.29. The minimum atomic E-state index is 0.00533. The Morgan fingerprint density at radius 3 is 2.52 bits per heavy atom. The SMILES string of the molecule is Cc1ccc(C(=O)N(CCN2CCOCC2)c2nc3cc(C)c(C)cc3s2)cc1. The number of rotatable bonds is 5. The van der Waals surface area contributed by atoms with Crippen molar-refractivity contribution >= 4 is 32.6 Å². The number of morpholine rings is 1. The van der Waals surface area contributed by atoms with Crippen molar-refractivity contribution in [3.05, 3.63) is 58.7 Å². The number of thiazole rings is 1. The van der Waals surface area contributed by atoms with Crippen molar-refractivity contribution < 1.29 is 9.53 Å². The van der Waals surface area contributed by atoms with Crippen LogP contribution in [0.5, 0.6) is 0 Å². The molecule has 4 rings (SSSR count). The van der Waals surface area contributed by atoms with Gasteiger partial charge in [0.2, 0.25) is 0 Å². The van der Waals surface area contributed by atoms with E-state index in [2.05, 4.69) is 30.9 Å². The summed E-state index contributed by atoms with van der Waals surface area (Å²) in [4.78, 5) is 22.4. The molecule has 1 fully saturated rings. The van der Waals surface area contributed by atoms with Gasteiger partial charge in [-0.15, -0.1) is 0 Å². The van der Waals surface area contributed by atoms with Gasteiger partial charge in [-0.3, -0.25) is 14.6 Å². The summed E-state index contributed by atoms with van der Waals surface area (Å²) in [5.41, 5.74) is 5.27. The standard InChI is InChI=1S/C23H27N3O2S/c1-16-4-6-19(7-5-16)22(27)26(9-8-25-10-12-28-13-11-25)23-24-20-14-17(2)18(3)15-21(20)29-23/h4-7,14-15H,8-13H2,1-3H3. The van der Waals surface area contributed by atoms with Gasteiger partial charge in [-0.1, -0.05) is 29.0 Å². The number of hydrogen-bond donors (Lipinski definition) is 0. The summed E-state index contributed by atoms with van der Waals surface area (Å²) in [6.07, 6.45) is 0. The molecule has 1 aliphatic rings. The summed E-state index contributed by atoms with van der Waals surface area (Å²) in [7, 11) is 0. The van der Waals surface area contributed by atoms with E-state index in [9.17, 15) is 4.79 Å². The lowest BCUT2D eigenvalue weighted by molar-refractivity contribution is 0.0391. The third kappa shape index (κ3) is 4.50. The first-order chi connectivity index (χ1) is 14.0. The molecular weight excluding hydrogens is 382 g/mol. The number of benzene rings is 2. The van der Waals surface area contributed by atoms with Crippen LogP contribution in [0.1, 0.15) is 27.0 Å². The lowest BCUT2D eigenvalue weighted by atomic mass is 10.1. The van der Waals surface area contributed by atoms with Crippen molar-refractivity contribution in [2.75, 3.05) is 44.3 Å². The highest BCUT2D eigenvalue weighted by molar-refractivity contribution is 7.22. The van der Waals surface area contributed by atoms with E-state index >= 15 is 0 Å². The molecule has 6 heteroatoms. The van der Waals surface area contributed by atoms with Crippen LogP contribution in [0.25, 0.3) is 10.2 Å². The Labute approximate surface area is 175 Å². The maximum Gasteiger partial charge on any atom is 0.260 e. The highest BCUT2D eigenvalue weighted by Gasteiger charge is 2.23. The number of ether oxygens (including phenoxy) is 1. The van der Waals surface area contributed by atoms with Gasteiger partial charge in [-0.2, -0.15) is 0 Å². The van der Waals surface area contributed by atoms with Crippen LogP contribution in [-0.4, -0.2) is 55.2 Å². The number of aryl methyl sites for hydroxylation is 3. The number of nitrogens with zero attached hydrogens (tertiary/aromatic N) is 3. The summed E-state index contributed by atoms with van der Waals surface area (Å²) < 4.78 is 6.57. The average Bonchev–Trinajstić information content (AvgIpc) is 3.12. The Balaban J connectivity index is 1.64. The minimum absolute atomic E-state index is 0.00533. The van der Waals surface area contributed by atoms with Crippen molar-refractivity contribution in [2.24, 2.45) is 0 Å². The Bertz CT molecular complexity index is 968. The molecule has 0 unspecified atom stereocenters. The molecule has 2 heterocycles. The molecule has 152 valence electrons. The van der Waals surface area contributed by atoms with Gasteiger partial charge in [-0.25, -0.2) is 4.98 Å². The van der Waals surface area contributed by atoms with Gasteiger partial charge in [0.15, 0.2) is 5.13 Å². The van der Waals surface area contributed by atoms with Crippen LogP contribution in [0.15, 0.2) is 36.4 Å². The highest BCUT2D eigenvalue weighted by Crippen LogP contribution is 2.31. The monoisotopic (exact) mass is 409 g/mol. The van der Waals surface area contributed by atoms with Crippen molar-refractivity contribution in [3.63, 3.8) is 0 Å². The molecule has 0 saturated carbocycles. The van der Waals surface area contributed by atoms with Crippen LogP contribution in [-0.2, 0) is 4.74 Å². The zero-order chi connectivity index (χ0) is 20.4. The van der Waals surface area contributed by atoms with Gasteiger partial charge in [0, 0.05) is 31.7 Å². The molecule has 3 aromatic rings. The fourth-order valence-electron chi connectivity index (χ4n) is 3.49. The molecule has 0 radical (unpaired) electrons. The summed E-state index contributed by atoms with van der Waals surface area (Å²) >= 11 is 1.59. The van der Waals surface area contributed by atoms with Crippen LogP contribution in [0.3, 0.4) is 0 Å². The predicted octanol–water partition coefficient (Wildman–Crippen LogP) is 4.20. The van der Waals surface area contributed by atoms with Crippen LogP contribution >= 0.6 is 11.3 Å². The fraction of sp³-hybridized carbons (Fsp3) is 0.391. The second-order valence-electron chi connectivity index (χ2n) is 7.68. The first-order valence-corrected chi connectivity index (χ1v) is 10.9. The second kappa shape index (κ2) is 8.61. The van der Waals surface area contributed by atoms with E-state index in [1.165, 1.54) is 11.1 Å². The lowest BCUT2D eigenvalue weighted by Crippen LogP contribution is -2.43. The van der Waals surface area contributed by atoms with Gasteiger partial charge in [0.25, 0.3) is 5.91 Å². The zero-order valence-corrected chi connectivity index (χ0v) is 18.1. The molecule has 2 aromatic carbocycles. The van der Waals surface area contributed by atoms with Crippen molar-refractivity contribution in [1.29, 1.82) is 0 Å². The highest BCUT2D eigenvalue weighted by atomic mass is 32.1. The molecule has 1 aliphatic heterocycles. The van der Waals surface area contributed by atoms with Crippen molar-refractivity contribution in [3.8, 4) is 0 Å². The number of aromatic nitrogens is 1. The molecule has 0 bridgehead atoms. The number of fused-ring (bicyclic) bond motifs is 1. The van der Waals surface area contributed by atoms with E-state index in [-0.39, 0.29) is 5.91 Å². The third-order valence-electron chi connectivity index (χ3n) is 5.51. The minimum Gasteiger partial charge on any atom is -0.379 e. The maximum absolute atomic E-state index is 13.4. The summed E-state index contributed by atoms with van der Waals surface area (Å²) in [5.74, 6) is 0.00533. The van der Waals surface area contributed by atoms with Gasteiger partial charge in [0.1, 0.15) is 0 Å². The van der Waals surface area contributed by atoms with Crippen molar-refractivity contribution in [2.45, 2.75) is 20.8 Å². The van der Waals surface area contributed by atoms with E-state index in [0.29, 0.717) is 12.1 Å². The van der Waals surface area contributed by atoms with Crippen LogP contribution < -0.4 is 4.90 Å². The molecule has 1 amide bonds. The first-order valence-electron chi connectivity index (χ1n) is 10.1. The number of amides is 1. The second-order valence-corrected chi connectivity index (χ2v) is 8.69. The molecule has 0 aliphatic carbocycles. The number of hydrogen-bond acceptors (Lipinski definition) is 5. The quantitative estimate of drug-likeness (QED) is 0.634. The Morgan fingerprint density at radius 2 is 1.79 bits per heavy atom. The number of carbonyl (C=O) groups is 1. The molecular formula is C23H27N3O2S. The molecule has 0 spiro atoms. The van der Waals surface area contributed by atoms with Crippen molar-refractivity contribution in [1.82, 2.24) is 9.88 Å². The summed E-state index contributed by atoms with van der Waals surface area (Å²) in [5, 5.41) is 0.767. The molecule has 1 aromatic heterocycles. The van der Waals surface area contributed by atoms with Gasteiger partial charge < -0.3 is 4.74 Å². The Morgan fingerprint density at radius 1 is 1.10 bits per heavy atom. The number of anilines is 1. The Hall–Kier alpha value is -2.28.